The summed E-state index contributed by atoms with van der Waals surface area (Å²) in [4.78, 5) is 24.4. The molecule has 1 aliphatic heterocycles. The van der Waals surface area contributed by atoms with Crippen LogP contribution in [0.1, 0.15) is 20.3 Å². The SMILES string of the molecule is CC(C)CS(=O)(=O)CC(=O)N1CCSCC1CC(=O)O. The molecule has 0 saturated carbocycles. The van der Waals surface area contributed by atoms with E-state index in [-0.39, 0.29) is 18.1 Å². The molecule has 0 bridgehead atoms. The van der Waals surface area contributed by atoms with E-state index in [0.717, 1.165) is 0 Å². The number of aliphatic carboxylic acids is 1. The van der Waals surface area contributed by atoms with Crippen molar-refractivity contribution in [2.75, 3.05) is 29.6 Å². The van der Waals surface area contributed by atoms with Gasteiger partial charge in [0, 0.05) is 18.1 Å². The molecular weight excluding hydrogens is 302 g/mol. The van der Waals surface area contributed by atoms with E-state index in [1.54, 1.807) is 25.6 Å². The summed E-state index contributed by atoms with van der Waals surface area (Å²) in [5.74, 6) is -0.761. The normalized spacial score (nSPS) is 20.1. The highest BCUT2D eigenvalue weighted by Crippen LogP contribution is 2.19. The van der Waals surface area contributed by atoms with Gasteiger partial charge in [0.25, 0.3) is 0 Å². The van der Waals surface area contributed by atoms with Gasteiger partial charge in [0.2, 0.25) is 5.91 Å². The van der Waals surface area contributed by atoms with Gasteiger partial charge in [0.1, 0.15) is 5.75 Å². The van der Waals surface area contributed by atoms with Crippen molar-refractivity contribution in [1.82, 2.24) is 4.90 Å². The number of carbonyl (C=O) groups is 2. The number of hydrogen-bond acceptors (Lipinski definition) is 5. The van der Waals surface area contributed by atoms with E-state index in [0.29, 0.717) is 18.1 Å². The zero-order valence-electron chi connectivity index (χ0n) is 11.7. The second kappa shape index (κ2) is 7.31. The summed E-state index contributed by atoms with van der Waals surface area (Å²) in [5.41, 5.74) is 0. The zero-order chi connectivity index (χ0) is 15.3. The highest BCUT2D eigenvalue weighted by atomic mass is 32.2. The minimum absolute atomic E-state index is 0.0229. The Morgan fingerprint density at radius 3 is 2.60 bits per heavy atom. The van der Waals surface area contributed by atoms with Crippen molar-refractivity contribution in [1.29, 1.82) is 0 Å². The first-order chi connectivity index (χ1) is 9.21. The van der Waals surface area contributed by atoms with Crippen molar-refractivity contribution in [3.05, 3.63) is 0 Å². The molecule has 1 saturated heterocycles. The summed E-state index contributed by atoms with van der Waals surface area (Å²) < 4.78 is 23.7. The van der Waals surface area contributed by atoms with E-state index in [1.807, 2.05) is 0 Å². The summed E-state index contributed by atoms with van der Waals surface area (Å²) in [6.07, 6.45) is -0.136. The van der Waals surface area contributed by atoms with Gasteiger partial charge < -0.3 is 10.0 Å². The van der Waals surface area contributed by atoms with Crippen LogP contribution >= 0.6 is 11.8 Å². The Labute approximate surface area is 123 Å². The molecule has 8 heteroatoms. The first kappa shape index (κ1) is 17.3. The Balaban J connectivity index is 2.70. The maximum Gasteiger partial charge on any atom is 0.305 e. The second-order valence-electron chi connectivity index (χ2n) is 5.36. The molecule has 1 N–H and O–H groups in total. The fraction of sp³-hybridized carbons (Fsp3) is 0.833. The fourth-order valence-corrected chi connectivity index (χ4v) is 4.93. The van der Waals surface area contributed by atoms with Crippen LogP contribution in [0.4, 0.5) is 0 Å². The van der Waals surface area contributed by atoms with Crippen molar-refractivity contribution < 1.29 is 23.1 Å². The maximum atomic E-state index is 12.1. The highest BCUT2D eigenvalue weighted by Gasteiger charge is 2.31. The number of carboxylic acids is 1. The van der Waals surface area contributed by atoms with Gasteiger partial charge in [-0.1, -0.05) is 13.8 Å². The Hall–Kier alpha value is -0.760. The molecule has 0 aromatic carbocycles. The second-order valence-corrected chi connectivity index (χ2v) is 8.62. The molecule has 1 rings (SSSR count). The average Bonchev–Trinajstić information content (AvgIpc) is 2.25. The number of nitrogens with zero attached hydrogens (tertiary/aromatic N) is 1. The van der Waals surface area contributed by atoms with Crippen LogP contribution in [0.15, 0.2) is 0 Å². The van der Waals surface area contributed by atoms with Crippen LogP contribution in [-0.2, 0) is 19.4 Å². The van der Waals surface area contributed by atoms with Gasteiger partial charge in [0.15, 0.2) is 9.84 Å². The molecule has 0 spiro atoms. The lowest BCUT2D eigenvalue weighted by Crippen LogP contribution is -2.49. The van der Waals surface area contributed by atoms with Crippen LogP contribution in [0, 0.1) is 5.92 Å². The van der Waals surface area contributed by atoms with Gasteiger partial charge in [-0.15, -0.1) is 0 Å². The Kier molecular flexibility index (Phi) is 6.32. The molecule has 0 radical (unpaired) electrons. The lowest BCUT2D eigenvalue weighted by Gasteiger charge is -2.34. The number of carboxylic acid groups (broad SMARTS) is 1. The van der Waals surface area contributed by atoms with Gasteiger partial charge >= 0.3 is 5.97 Å². The lowest BCUT2D eigenvalue weighted by atomic mass is 10.2. The van der Waals surface area contributed by atoms with Crippen LogP contribution in [0.5, 0.6) is 0 Å². The van der Waals surface area contributed by atoms with Gasteiger partial charge in [0.05, 0.1) is 18.2 Å². The average molecular weight is 323 g/mol. The third kappa shape index (κ3) is 5.70. The molecule has 1 atom stereocenters. The molecule has 0 aliphatic carbocycles. The quantitative estimate of drug-likeness (QED) is 0.764. The minimum Gasteiger partial charge on any atom is -0.481 e. The molecule has 1 unspecified atom stereocenters. The topological polar surface area (TPSA) is 91.8 Å². The number of amides is 1. The van der Waals surface area contributed by atoms with Gasteiger partial charge in [-0.25, -0.2) is 8.42 Å². The fourth-order valence-electron chi connectivity index (χ4n) is 2.19. The van der Waals surface area contributed by atoms with Crippen LogP contribution in [0.3, 0.4) is 0 Å². The Bertz CT molecular complexity index is 460. The zero-order valence-corrected chi connectivity index (χ0v) is 13.4. The largest absolute Gasteiger partial charge is 0.481 e. The lowest BCUT2D eigenvalue weighted by molar-refractivity contribution is -0.139. The predicted molar refractivity (Wildman–Crippen MR) is 78.6 cm³/mol. The monoisotopic (exact) mass is 323 g/mol. The molecule has 6 nitrogen and oxygen atoms in total. The van der Waals surface area contributed by atoms with Crippen LogP contribution in [-0.4, -0.2) is 65.9 Å². The number of sulfone groups is 1. The summed E-state index contributed by atoms with van der Waals surface area (Å²) in [6.45, 7) is 3.98. The molecule has 116 valence electrons. The van der Waals surface area contributed by atoms with Gasteiger partial charge in [-0.2, -0.15) is 11.8 Å². The van der Waals surface area contributed by atoms with Gasteiger partial charge in [-0.3, -0.25) is 9.59 Å². The number of hydrogen-bond donors (Lipinski definition) is 1. The smallest absolute Gasteiger partial charge is 0.305 e. The van der Waals surface area contributed by atoms with E-state index < -0.39 is 33.5 Å². The van der Waals surface area contributed by atoms with Gasteiger partial charge in [-0.05, 0) is 5.92 Å². The third-order valence-electron chi connectivity index (χ3n) is 2.89. The Morgan fingerprint density at radius 1 is 1.40 bits per heavy atom. The standard InChI is InChI=1S/C12H21NO5S2/c1-9(2)7-20(17,18)8-11(14)13-3-4-19-6-10(13)5-12(15)16/h9-10H,3-8H2,1-2H3,(H,15,16). The predicted octanol–water partition coefficient (Wildman–Crippen LogP) is 0.476. The van der Waals surface area contributed by atoms with E-state index in [9.17, 15) is 18.0 Å². The van der Waals surface area contributed by atoms with E-state index >= 15 is 0 Å². The third-order valence-corrected chi connectivity index (χ3v) is 5.84. The molecule has 1 fully saturated rings. The summed E-state index contributed by atoms with van der Waals surface area (Å²) in [5, 5.41) is 8.85. The summed E-state index contributed by atoms with van der Waals surface area (Å²) >= 11 is 1.59. The van der Waals surface area contributed by atoms with Crippen molar-refractivity contribution in [2.24, 2.45) is 5.92 Å². The first-order valence-corrected chi connectivity index (χ1v) is 9.48. The number of thioether (sulfide) groups is 1. The molecule has 0 aromatic heterocycles. The van der Waals surface area contributed by atoms with Crippen molar-refractivity contribution in [3.63, 3.8) is 0 Å². The molecule has 1 aliphatic rings. The molecule has 20 heavy (non-hydrogen) atoms. The summed E-state index contributed by atoms with van der Waals surface area (Å²) in [7, 11) is -3.43. The van der Waals surface area contributed by atoms with Crippen molar-refractivity contribution >= 4 is 33.5 Å². The number of carbonyl (C=O) groups excluding carboxylic acids is 1. The molecule has 1 heterocycles. The molecule has 1 amide bonds. The van der Waals surface area contributed by atoms with E-state index in [4.69, 9.17) is 5.11 Å². The van der Waals surface area contributed by atoms with Crippen molar-refractivity contribution in [2.45, 2.75) is 26.3 Å². The number of rotatable bonds is 6. The highest BCUT2D eigenvalue weighted by molar-refractivity contribution is 7.99. The maximum absolute atomic E-state index is 12.1. The van der Waals surface area contributed by atoms with Crippen LogP contribution in [0.2, 0.25) is 0 Å². The van der Waals surface area contributed by atoms with E-state index in [1.165, 1.54) is 4.90 Å². The first-order valence-electron chi connectivity index (χ1n) is 6.50. The minimum atomic E-state index is -3.43. The molecular formula is C12H21NO5S2. The molecule has 0 aromatic rings. The van der Waals surface area contributed by atoms with Crippen LogP contribution < -0.4 is 0 Å². The Morgan fingerprint density at radius 2 is 2.05 bits per heavy atom. The van der Waals surface area contributed by atoms with E-state index in [2.05, 4.69) is 0 Å². The summed E-state index contributed by atoms with van der Waals surface area (Å²) in [6, 6.07) is -0.409. The van der Waals surface area contributed by atoms with Crippen LogP contribution in [0.25, 0.3) is 0 Å². The van der Waals surface area contributed by atoms with Crippen molar-refractivity contribution in [3.8, 4) is 0 Å².